The molecule has 2 heterocycles. The predicted octanol–water partition coefficient (Wildman–Crippen LogP) is 3.10. The molecule has 0 amide bonds. The van der Waals surface area contributed by atoms with Crippen LogP contribution in [0.1, 0.15) is 22.9 Å². The summed E-state index contributed by atoms with van der Waals surface area (Å²) in [6, 6.07) is 3.99. The molecule has 0 bridgehead atoms. The van der Waals surface area contributed by atoms with Gasteiger partial charge in [-0.2, -0.15) is 0 Å². The molecule has 0 spiro atoms. The molecule has 1 aromatic rings. The van der Waals surface area contributed by atoms with Gasteiger partial charge < -0.3 is 4.74 Å². The normalized spacial score (nSPS) is 25.9. The van der Waals surface area contributed by atoms with E-state index in [1.54, 1.807) is 0 Å². The Bertz CT molecular complexity index is 615. The second kappa shape index (κ2) is 4.93. The van der Waals surface area contributed by atoms with Gasteiger partial charge in [-0.05, 0) is 30.0 Å². The summed E-state index contributed by atoms with van der Waals surface area (Å²) in [5.74, 6) is 1.27. The van der Waals surface area contributed by atoms with Gasteiger partial charge in [-0.15, -0.1) is 11.6 Å². The lowest BCUT2D eigenvalue weighted by Crippen LogP contribution is -2.11. The van der Waals surface area contributed by atoms with Gasteiger partial charge in [0.05, 0.1) is 23.5 Å². The second-order valence-electron chi connectivity index (χ2n) is 5.15. The first-order chi connectivity index (χ1) is 8.96. The molecule has 19 heavy (non-hydrogen) atoms. The fraction of sp³-hybridized carbons (Fsp3) is 0.538. The van der Waals surface area contributed by atoms with Crippen molar-refractivity contribution in [3.63, 3.8) is 0 Å². The highest BCUT2D eigenvalue weighted by molar-refractivity contribution is 9.10. The van der Waals surface area contributed by atoms with Crippen LogP contribution in [-0.2, 0) is 16.3 Å². The zero-order valence-corrected chi connectivity index (χ0v) is 13.4. The monoisotopic (exact) mass is 364 g/mol. The summed E-state index contributed by atoms with van der Waals surface area (Å²) in [5.41, 5.74) is 2.07. The van der Waals surface area contributed by atoms with Crippen molar-refractivity contribution in [2.75, 3.05) is 18.1 Å². The van der Waals surface area contributed by atoms with Crippen LogP contribution in [0.4, 0.5) is 0 Å². The smallest absolute Gasteiger partial charge is 0.150 e. The zero-order valence-electron chi connectivity index (χ0n) is 10.2. The minimum absolute atomic E-state index is 0.0192. The molecule has 1 fully saturated rings. The van der Waals surface area contributed by atoms with Crippen molar-refractivity contribution in [2.45, 2.75) is 18.2 Å². The summed E-state index contributed by atoms with van der Waals surface area (Å²) in [5, 5.41) is -0.304. The van der Waals surface area contributed by atoms with Crippen LogP contribution in [0.25, 0.3) is 0 Å². The van der Waals surface area contributed by atoms with Crippen molar-refractivity contribution in [3.8, 4) is 5.75 Å². The molecule has 104 valence electrons. The van der Waals surface area contributed by atoms with Crippen molar-refractivity contribution < 1.29 is 13.2 Å². The van der Waals surface area contributed by atoms with E-state index in [1.165, 1.54) is 0 Å². The van der Waals surface area contributed by atoms with Gasteiger partial charge in [0.15, 0.2) is 9.84 Å². The number of hydrogen-bond acceptors (Lipinski definition) is 3. The van der Waals surface area contributed by atoms with Crippen LogP contribution in [0.2, 0.25) is 0 Å². The van der Waals surface area contributed by atoms with E-state index in [4.69, 9.17) is 16.3 Å². The molecule has 0 aromatic heterocycles. The van der Waals surface area contributed by atoms with Crippen LogP contribution in [0.3, 0.4) is 0 Å². The first kappa shape index (κ1) is 13.7. The number of halogens is 2. The average Bonchev–Trinajstić information content (AvgIpc) is 2.93. The molecule has 0 N–H and O–H groups in total. The molecule has 1 saturated heterocycles. The summed E-state index contributed by atoms with van der Waals surface area (Å²) in [7, 11) is -2.91. The number of sulfone groups is 1. The standard InChI is InChI=1S/C13H14BrClO3S/c14-10-5-8-1-3-18-13(8)11(6-10)12(15)9-2-4-19(16,17)7-9/h5-6,9,12H,1-4,7H2. The maximum atomic E-state index is 11.6. The Balaban J connectivity index is 1.94. The number of rotatable bonds is 2. The fourth-order valence-electron chi connectivity index (χ4n) is 2.81. The lowest BCUT2D eigenvalue weighted by atomic mass is 9.96. The predicted molar refractivity (Wildman–Crippen MR) is 78.7 cm³/mol. The van der Waals surface area contributed by atoms with Crippen molar-refractivity contribution in [1.82, 2.24) is 0 Å². The minimum atomic E-state index is -2.91. The molecular weight excluding hydrogens is 352 g/mol. The van der Waals surface area contributed by atoms with Crippen LogP contribution >= 0.6 is 27.5 Å². The molecule has 0 saturated carbocycles. The zero-order chi connectivity index (χ0) is 13.6. The van der Waals surface area contributed by atoms with Gasteiger partial charge >= 0.3 is 0 Å². The lowest BCUT2D eigenvalue weighted by Gasteiger charge is -2.19. The fourth-order valence-corrected chi connectivity index (χ4v) is 5.66. The van der Waals surface area contributed by atoms with Gasteiger partial charge in [-0.25, -0.2) is 8.42 Å². The summed E-state index contributed by atoms with van der Waals surface area (Å²) >= 11 is 10.0. The molecule has 0 radical (unpaired) electrons. The third-order valence-electron chi connectivity index (χ3n) is 3.76. The Morgan fingerprint density at radius 1 is 1.42 bits per heavy atom. The van der Waals surface area contributed by atoms with E-state index in [9.17, 15) is 8.42 Å². The van der Waals surface area contributed by atoms with E-state index in [0.29, 0.717) is 13.0 Å². The van der Waals surface area contributed by atoms with E-state index in [1.807, 2.05) is 12.1 Å². The molecule has 3 nitrogen and oxygen atoms in total. The largest absolute Gasteiger partial charge is 0.493 e. The van der Waals surface area contributed by atoms with Crippen LogP contribution in [0, 0.1) is 5.92 Å². The maximum absolute atomic E-state index is 11.6. The van der Waals surface area contributed by atoms with Gasteiger partial charge in [0, 0.05) is 16.5 Å². The Morgan fingerprint density at radius 2 is 2.21 bits per heavy atom. The summed E-state index contributed by atoms with van der Waals surface area (Å²) in [4.78, 5) is 0. The number of benzene rings is 1. The minimum Gasteiger partial charge on any atom is -0.493 e. The van der Waals surface area contributed by atoms with Crippen molar-refractivity contribution in [2.24, 2.45) is 5.92 Å². The molecule has 2 atom stereocenters. The third kappa shape index (κ3) is 2.65. The first-order valence-corrected chi connectivity index (χ1v) is 9.31. The first-order valence-electron chi connectivity index (χ1n) is 6.26. The summed E-state index contributed by atoms with van der Waals surface area (Å²) < 4.78 is 29.8. The molecule has 0 aliphatic carbocycles. The van der Waals surface area contributed by atoms with Crippen molar-refractivity contribution in [1.29, 1.82) is 0 Å². The SMILES string of the molecule is O=S1(=O)CCC(C(Cl)c2cc(Br)cc3c2OCC3)C1. The summed E-state index contributed by atoms with van der Waals surface area (Å²) in [6.07, 6.45) is 1.52. The maximum Gasteiger partial charge on any atom is 0.150 e. The van der Waals surface area contributed by atoms with Gasteiger partial charge in [0.1, 0.15) is 5.75 Å². The van der Waals surface area contributed by atoms with Crippen LogP contribution in [0.15, 0.2) is 16.6 Å². The molecule has 3 rings (SSSR count). The highest BCUT2D eigenvalue weighted by atomic mass is 79.9. The van der Waals surface area contributed by atoms with E-state index in [-0.39, 0.29) is 22.8 Å². The molecule has 2 unspecified atom stereocenters. The second-order valence-corrected chi connectivity index (χ2v) is 8.76. The molecule has 2 aliphatic rings. The van der Waals surface area contributed by atoms with E-state index < -0.39 is 9.84 Å². The molecule has 2 aliphatic heterocycles. The molecule has 1 aromatic carbocycles. The Hall–Kier alpha value is -0.260. The molecule has 6 heteroatoms. The van der Waals surface area contributed by atoms with Gasteiger partial charge in [0.2, 0.25) is 0 Å². The Labute approximate surface area is 126 Å². The van der Waals surface area contributed by atoms with Crippen molar-refractivity contribution in [3.05, 3.63) is 27.7 Å². The van der Waals surface area contributed by atoms with Crippen LogP contribution in [-0.4, -0.2) is 26.5 Å². The third-order valence-corrected chi connectivity index (χ3v) is 6.60. The van der Waals surface area contributed by atoms with E-state index >= 15 is 0 Å². The number of alkyl halides is 1. The topological polar surface area (TPSA) is 43.4 Å². The van der Waals surface area contributed by atoms with E-state index in [2.05, 4.69) is 15.9 Å². The number of ether oxygens (including phenoxy) is 1. The van der Waals surface area contributed by atoms with Crippen LogP contribution in [0.5, 0.6) is 5.75 Å². The van der Waals surface area contributed by atoms with Crippen LogP contribution < -0.4 is 4.74 Å². The van der Waals surface area contributed by atoms with E-state index in [0.717, 1.165) is 27.8 Å². The average molecular weight is 366 g/mol. The van der Waals surface area contributed by atoms with Gasteiger partial charge in [0.25, 0.3) is 0 Å². The van der Waals surface area contributed by atoms with Gasteiger partial charge in [-0.3, -0.25) is 0 Å². The van der Waals surface area contributed by atoms with Gasteiger partial charge in [-0.1, -0.05) is 15.9 Å². The quantitative estimate of drug-likeness (QED) is 0.756. The number of fused-ring (bicyclic) bond motifs is 1. The number of hydrogen-bond donors (Lipinski definition) is 0. The lowest BCUT2D eigenvalue weighted by molar-refractivity contribution is 0.351. The highest BCUT2D eigenvalue weighted by Crippen LogP contribution is 2.44. The Morgan fingerprint density at radius 3 is 2.89 bits per heavy atom. The highest BCUT2D eigenvalue weighted by Gasteiger charge is 2.35. The summed E-state index contributed by atoms with van der Waals surface area (Å²) in [6.45, 7) is 0.672. The Kier molecular flexibility index (Phi) is 3.56. The molecular formula is C13H14BrClO3S. The van der Waals surface area contributed by atoms with Crippen molar-refractivity contribution >= 4 is 37.4 Å².